The van der Waals surface area contributed by atoms with Crippen molar-refractivity contribution in [3.63, 3.8) is 0 Å². The predicted octanol–water partition coefficient (Wildman–Crippen LogP) is 4.54. The molecular formula is C18H20F5NO. The fourth-order valence-corrected chi connectivity index (χ4v) is 3.94. The Morgan fingerprint density at radius 1 is 1.08 bits per heavy atom. The molecule has 1 aliphatic carbocycles. The highest BCUT2D eigenvalue weighted by Crippen LogP contribution is 2.49. The average Bonchev–Trinajstić information content (AvgIpc) is 2.53. The van der Waals surface area contributed by atoms with Crippen molar-refractivity contribution >= 4 is 5.91 Å². The number of rotatable bonds is 3. The highest BCUT2D eigenvalue weighted by molar-refractivity contribution is 5.76. The van der Waals surface area contributed by atoms with Crippen LogP contribution in [-0.2, 0) is 10.2 Å². The highest BCUT2D eigenvalue weighted by atomic mass is 19.4. The molecule has 1 saturated carbocycles. The fourth-order valence-electron chi connectivity index (χ4n) is 3.94. The lowest BCUT2D eigenvalue weighted by atomic mass is 9.72. The van der Waals surface area contributed by atoms with Crippen LogP contribution in [0.2, 0.25) is 0 Å². The van der Waals surface area contributed by atoms with Crippen molar-refractivity contribution in [2.24, 2.45) is 5.92 Å². The van der Waals surface area contributed by atoms with E-state index in [-0.39, 0.29) is 62.6 Å². The summed E-state index contributed by atoms with van der Waals surface area (Å²) in [6.07, 6.45) is -5.41. The number of carbonyl (C=O) groups excluding carboxylic acids is 1. The fraction of sp³-hybridized carbons (Fsp3) is 0.611. The Morgan fingerprint density at radius 2 is 1.64 bits per heavy atom. The van der Waals surface area contributed by atoms with Crippen molar-refractivity contribution in [1.29, 1.82) is 0 Å². The molecule has 0 N–H and O–H groups in total. The first-order chi connectivity index (χ1) is 11.6. The maximum Gasteiger partial charge on any atom is 0.398 e. The summed E-state index contributed by atoms with van der Waals surface area (Å²) in [4.78, 5) is 13.6. The van der Waals surface area contributed by atoms with Crippen LogP contribution in [0.3, 0.4) is 0 Å². The van der Waals surface area contributed by atoms with Crippen molar-refractivity contribution in [2.75, 3.05) is 13.1 Å². The Bertz CT molecular complexity index is 612. The van der Waals surface area contributed by atoms with E-state index in [1.807, 2.05) is 0 Å². The Morgan fingerprint density at radius 3 is 2.12 bits per heavy atom. The van der Waals surface area contributed by atoms with Crippen molar-refractivity contribution < 1.29 is 26.7 Å². The van der Waals surface area contributed by atoms with E-state index < -0.39 is 17.5 Å². The molecule has 0 atom stereocenters. The largest absolute Gasteiger partial charge is 0.398 e. The maximum atomic E-state index is 13.8. The number of piperidine rings is 1. The lowest BCUT2D eigenvalue weighted by Crippen LogP contribution is -2.52. The molecule has 1 aliphatic heterocycles. The van der Waals surface area contributed by atoms with Crippen LogP contribution in [0.4, 0.5) is 22.0 Å². The van der Waals surface area contributed by atoms with E-state index >= 15 is 0 Å². The lowest BCUT2D eigenvalue weighted by molar-refractivity contribution is -0.204. The monoisotopic (exact) mass is 361 g/mol. The van der Waals surface area contributed by atoms with Crippen LogP contribution in [0, 0.1) is 5.92 Å². The van der Waals surface area contributed by atoms with Gasteiger partial charge in [-0.25, -0.2) is 8.78 Å². The third kappa shape index (κ3) is 3.51. The van der Waals surface area contributed by atoms with Gasteiger partial charge < -0.3 is 4.90 Å². The number of benzene rings is 1. The van der Waals surface area contributed by atoms with Crippen molar-refractivity contribution in [3.8, 4) is 0 Å². The molecule has 0 spiro atoms. The minimum atomic E-state index is -4.40. The predicted molar refractivity (Wildman–Crippen MR) is 82.3 cm³/mol. The van der Waals surface area contributed by atoms with Crippen LogP contribution in [0.25, 0.3) is 0 Å². The van der Waals surface area contributed by atoms with Gasteiger partial charge in [0, 0.05) is 32.4 Å². The molecule has 138 valence electrons. The minimum Gasteiger partial charge on any atom is -0.343 e. The number of halogens is 5. The summed E-state index contributed by atoms with van der Waals surface area (Å²) in [5, 5.41) is 0. The van der Waals surface area contributed by atoms with Crippen molar-refractivity contribution in [1.82, 2.24) is 4.90 Å². The summed E-state index contributed by atoms with van der Waals surface area (Å²) in [5.41, 5.74) is -1.73. The summed E-state index contributed by atoms with van der Waals surface area (Å²) in [6, 6.07) is 7.78. The molecule has 2 aliphatic rings. The van der Waals surface area contributed by atoms with Gasteiger partial charge in [-0.2, -0.15) is 13.2 Å². The molecule has 0 bridgehead atoms. The zero-order chi connectivity index (χ0) is 18.3. The van der Waals surface area contributed by atoms with E-state index in [2.05, 4.69) is 0 Å². The third-order valence-electron chi connectivity index (χ3n) is 5.48. The van der Waals surface area contributed by atoms with Crippen LogP contribution >= 0.6 is 0 Å². The van der Waals surface area contributed by atoms with E-state index in [9.17, 15) is 26.7 Å². The van der Waals surface area contributed by atoms with Crippen LogP contribution in [0.5, 0.6) is 0 Å². The number of hydrogen-bond acceptors (Lipinski definition) is 1. The van der Waals surface area contributed by atoms with Crippen LogP contribution in [-0.4, -0.2) is 36.0 Å². The number of amides is 1. The van der Waals surface area contributed by atoms with Crippen LogP contribution in [0.15, 0.2) is 30.3 Å². The molecule has 2 nitrogen and oxygen atoms in total. The van der Waals surface area contributed by atoms with Gasteiger partial charge in [-0.1, -0.05) is 30.3 Å². The van der Waals surface area contributed by atoms with Gasteiger partial charge >= 0.3 is 6.18 Å². The molecule has 1 heterocycles. The van der Waals surface area contributed by atoms with Crippen molar-refractivity contribution in [2.45, 2.75) is 49.6 Å². The van der Waals surface area contributed by atoms with Gasteiger partial charge in [0.15, 0.2) is 0 Å². The summed E-state index contributed by atoms with van der Waals surface area (Å²) in [6.45, 7) is -0.00724. The molecule has 3 rings (SSSR count). The second-order valence-electron chi connectivity index (χ2n) is 7.16. The summed E-state index contributed by atoms with van der Waals surface area (Å²) in [7, 11) is 0. The average molecular weight is 361 g/mol. The zero-order valence-corrected chi connectivity index (χ0v) is 13.7. The number of nitrogens with zero attached hydrogens (tertiary/aromatic N) is 1. The minimum absolute atomic E-state index is 0.0000547. The zero-order valence-electron chi connectivity index (χ0n) is 13.7. The molecule has 2 fully saturated rings. The van der Waals surface area contributed by atoms with Crippen LogP contribution < -0.4 is 0 Å². The van der Waals surface area contributed by atoms with Gasteiger partial charge in [-0.05, 0) is 24.3 Å². The summed E-state index contributed by atoms with van der Waals surface area (Å²) >= 11 is 0. The molecule has 7 heteroatoms. The molecule has 0 aromatic heterocycles. The normalized spacial score (nSPS) is 23.2. The van der Waals surface area contributed by atoms with Gasteiger partial charge in [0.05, 0.1) is 5.41 Å². The van der Waals surface area contributed by atoms with Gasteiger partial charge in [0.1, 0.15) is 0 Å². The molecule has 1 aromatic rings. The number of alkyl halides is 5. The molecule has 1 amide bonds. The maximum absolute atomic E-state index is 13.8. The quantitative estimate of drug-likeness (QED) is 0.724. The molecule has 1 saturated heterocycles. The number of likely N-dealkylation sites (tertiary alicyclic amines) is 1. The first-order valence-corrected chi connectivity index (χ1v) is 8.41. The SMILES string of the molecule is O=C(CC1CC(F)(F)C1)N1CCC(c2ccccc2)(C(F)(F)F)CC1. The Labute approximate surface area is 143 Å². The van der Waals surface area contributed by atoms with E-state index in [1.54, 1.807) is 18.2 Å². The van der Waals surface area contributed by atoms with E-state index in [1.165, 1.54) is 17.0 Å². The molecule has 25 heavy (non-hydrogen) atoms. The Kier molecular flexibility index (Phi) is 4.54. The summed E-state index contributed by atoms with van der Waals surface area (Å²) in [5.74, 6) is -3.36. The van der Waals surface area contributed by atoms with Gasteiger partial charge in [-0.3, -0.25) is 4.79 Å². The Balaban J connectivity index is 1.65. The van der Waals surface area contributed by atoms with Gasteiger partial charge in [0.25, 0.3) is 0 Å². The Hall–Kier alpha value is -1.66. The number of carbonyl (C=O) groups is 1. The van der Waals surface area contributed by atoms with Gasteiger partial charge in [0.2, 0.25) is 11.8 Å². The topological polar surface area (TPSA) is 20.3 Å². The highest BCUT2D eigenvalue weighted by Gasteiger charge is 2.57. The van der Waals surface area contributed by atoms with Crippen LogP contribution in [0.1, 0.15) is 37.7 Å². The molecule has 0 unspecified atom stereocenters. The first kappa shape index (κ1) is 18.1. The molecule has 1 aromatic carbocycles. The first-order valence-electron chi connectivity index (χ1n) is 8.41. The standard InChI is InChI=1S/C18H20F5NO/c19-17(20)11-13(12-17)10-15(25)24-8-6-16(7-9-24,18(21,22)23)14-4-2-1-3-5-14/h1-5,13H,6-12H2. The third-order valence-corrected chi connectivity index (χ3v) is 5.48. The second-order valence-corrected chi connectivity index (χ2v) is 7.16. The smallest absolute Gasteiger partial charge is 0.343 e. The lowest BCUT2D eigenvalue weighted by Gasteiger charge is -2.44. The number of hydrogen-bond donors (Lipinski definition) is 0. The van der Waals surface area contributed by atoms with Crippen molar-refractivity contribution in [3.05, 3.63) is 35.9 Å². The van der Waals surface area contributed by atoms with Gasteiger partial charge in [-0.15, -0.1) is 0 Å². The van der Waals surface area contributed by atoms with E-state index in [0.29, 0.717) is 0 Å². The van der Waals surface area contributed by atoms with E-state index in [0.717, 1.165) is 0 Å². The van der Waals surface area contributed by atoms with E-state index in [4.69, 9.17) is 0 Å². The molecule has 0 radical (unpaired) electrons. The second kappa shape index (κ2) is 6.25. The molecular weight excluding hydrogens is 341 g/mol. The summed E-state index contributed by atoms with van der Waals surface area (Å²) < 4.78 is 67.1.